The van der Waals surface area contributed by atoms with Crippen molar-refractivity contribution < 1.29 is 4.79 Å². The number of amides is 1. The van der Waals surface area contributed by atoms with Gasteiger partial charge in [-0.05, 0) is 6.07 Å². The molecule has 1 rings (SSSR count). The predicted octanol–water partition coefficient (Wildman–Crippen LogP) is 0.960. The minimum Gasteiger partial charge on any atom is -0.366 e. The lowest BCUT2D eigenvalue weighted by atomic mass is 10.3. The number of thiophene rings is 1. The Morgan fingerprint density at radius 3 is 3.07 bits per heavy atom. The number of carbonyl (C=O) groups excluding carboxylic acids is 1. The number of nitrogens with one attached hydrogen (secondary N) is 1. The molecule has 0 radical (unpaired) electrons. The van der Waals surface area contributed by atoms with Crippen LogP contribution in [0.5, 0.6) is 0 Å². The quantitative estimate of drug-likeness (QED) is 0.559. The first kappa shape index (κ1) is 10.8. The van der Waals surface area contributed by atoms with Crippen molar-refractivity contribution in [3.05, 3.63) is 21.9 Å². The van der Waals surface area contributed by atoms with E-state index in [1.807, 2.05) is 0 Å². The third-order valence-electron chi connectivity index (χ3n) is 1.68. The number of hydrogen-bond donors (Lipinski definition) is 2. The van der Waals surface area contributed by atoms with E-state index in [4.69, 9.17) is 12.2 Å². The molecule has 0 saturated heterocycles. The van der Waals surface area contributed by atoms with Crippen LogP contribution in [0.4, 0.5) is 0 Å². The molecule has 14 heavy (non-hydrogen) atoms. The summed E-state index contributed by atoms with van der Waals surface area (Å²) in [6, 6.07) is 1.80. The fraction of sp³-hybridized carbons (Fsp3) is 0.300. The van der Waals surface area contributed by atoms with Crippen LogP contribution in [0.2, 0.25) is 0 Å². The zero-order valence-corrected chi connectivity index (χ0v) is 8.56. The molecule has 74 valence electrons. The molecule has 0 unspecified atom stereocenters. The highest BCUT2D eigenvalue weighted by atomic mass is 32.1. The maximum atomic E-state index is 10.8. The molecule has 0 aliphatic rings. The van der Waals surface area contributed by atoms with Gasteiger partial charge in [0.05, 0.1) is 5.56 Å². The van der Waals surface area contributed by atoms with Crippen LogP contribution in [0.25, 0.3) is 0 Å². The first-order valence-corrected chi connectivity index (χ1v) is 5.13. The molecule has 1 aromatic rings. The van der Waals surface area contributed by atoms with Gasteiger partial charge in [0, 0.05) is 29.8 Å². The van der Waals surface area contributed by atoms with Crippen molar-refractivity contribution in [1.82, 2.24) is 5.32 Å². The second-order valence-corrected chi connectivity index (χ2v) is 3.79. The van der Waals surface area contributed by atoms with Crippen molar-refractivity contribution in [3.63, 3.8) is 0 Å². The lowest BCUT2D eigenvalue weighted by Crippen LogP contribution is -2.13. The molecule has 3 nitrogen and oxygen atoms in total. The van der Waals surface area contributed by atoms with Crippen LogP contribution < -0.4 is 11.1 Å². The summed E-state index contributed by atoms with van der Waals surface area (Å²) in [4.78, 5) is 11.9. The van der Waals surface area contributed by atoms with E-state index in [1.165, 1.54) is 11.3 Å². The first-order chi connectivity index (χ1) is 6.74. The van der Waals surface area contributed by atoms with Gasteiger partial charge in [0.15, 0.2) is 0 Å². The molecule has 1 aromatic heterocycles. The fourth-order valence-electron chi connectivity index (χ4n) is 0.975. The Morgan fingerprint density at radius 2 is 2.50 bits per heavy atom. The van der Waals surface area contributed by atoms with E-state index in [0.717, 1.165) is 18.0 Å². The third-order valence-corrected chi connectivity index (χ3v) is 2.62. The summed E-state index contributed by atoms with van der Waals surface area (Å²) in [7, 11) is 0. The fourth-order valence-corrected chi connectivity index (χ4v) is 1.82. The molecular formula is C10H12N2OS. The molecule has 0 bridgehead atoms. The molecular weight excluding hydrogens is 196 g/mol. The van der Waals surface area contributed by atoms with Crippen molar-refractivity contribution in [2.45, 2.75) is 13.0 Å². The van der Waals surface area contributed by atoms with Gasteiger partial charge < -0.3 is 11.1 Å². The molecule has 1 amide bonds. The Hall–Kier alpha value is -1.31. The topological polar surface area (TPSA) is 55.1 Å². The van der Waals surface area contributed by atoms with Gasteiger partial charge in [-0.2, -0.15) is 0 Å². The Balaban J connectivity index is 2.37. The van der Waals surface area contributed by atoms with Crippen molar-refractivity contribution >= 4 is 17.2 Å². The smallest absolute Gasteiger partial charge is 0.249 e. The highest BCUT2D eigenvalue weighted by Gasteiger charge is 2.03. The van der Waals surface area contributed by atoms with Crippen LogP contribution in [-0.2, 0) is 6.54 Å². The zero-order chi connectivity index (χ0) is 10.4. The van der Waals surface area contributed by atoms with E-state index in [1.54, 1.807) is 11.4 Å². The standard InChI is InChI=1S/C10H12N2OS/c1-2-3-4-12-6-9-5-8(7-14-9)10(11)13/h1,5,7,12H,3-4,6H2,(H2,11,13). The highest BCUT2D eigenvalue weighted by molar-refractivity contribution is 7.10. The largest absolute Gasteiger partial charge is 0.366 e. The molecule has 0 aliphatic heterocycles. The van der Waals surface area contributed by atoms with E-state index >= 15 is 0 Å². The third kappa shape index (κ3) is 3.21. The Bertz CT molecular complexity index is 351. The number of hydrogen-bond acceptors (Lipinski definition) is 3. The summed E-state index contributed by atoms with van der Waals surface area (Å²) in [5.74, 6) is 2.17. The SMILES string of the molecule is C#CCCNCc1cc(C(N)=O)cs1. The van der Waals surface area contributed by atoms with Crippen LogP contribution in [-0.4, -0.2) is 12.5 Å². The number of rotatable bonds is 5. The van der Waals surface area contributed by atoms with Gasteiger partial charge in [-0.1, -0.05) is 0 Å². The monoisotopic (exact) mass is 208 g/mol. The van der Waals surface area contributed by atoms with Crippen LogP contribution >= 0.6 is 11.3 Å². The molecule has 4 heteroatoms. The van der Waals surface area contributed by atoms with E-state index in [0.29, 0.717) is 12.0 Å². The van der Waals surface area contributed by atoms with Crippen molar-refractivity contribution in [3.8, 4) is 12.3 Å². The highest BCUT2D eigenvalue weighted by Crippen LogP contribution is 2.13. The summed E-state index contributed by atoms with van der Waals surface area (Å²) < 4.78 is 0. The van der Waals surface area contributed by atoms with E-state index in [-0.39, 0.29) is 5.91 Å². The van der Waals surface area contributed by atoms with Gasteiger partial charge >= 0.3 is 0 Å². The van der Waals surface area contributed by atoms with Crippen LogP contribution in [0.15, 0.2) is 11.4 Å². The maximum Gasteiger partial charge on any atom is 0.249 e. The Morgan fingerprint density at radius 1 is 1.71 bits per heavy atom. The summed E-state index contributed by atoms with van der Waals surface area (Å²) in [6.45, 7) is 1.53. The predicted molar refractivity (Wildman–Crippen MR) is 58.0 cm³/mol. The molecule has 0 fully saturated rings. The van der Waals surface area contributed by atoms with Crippen LogP contribution in [0, 0.1) is 12.3 Å². The molecule has 0 aliphatic carbocycles. The van der Waals surface area contributed by atoms with Crippen molar-refractivity contribution in [2.75, 3.05) is 6.54 Å². The number of nitrogens with two attached hydrogens (primary N) is 1. The molecule has 0 spiro atoms. The zero-order valence-electron chi connectivity index (χ0n) is 7.75. The van der Waals surface area contributed by atoms with Crippen LogP contribution in [0.1, 0.15) is 21.7 Å². The molecule has 3 N–H and O–H groups in total. The average Bonchev–Trinajstić information content (AvgIpc) is 2.61. The van der Waals surface area contributed by atoms with Gasteiger partial charge in [0.25, 0.3) is 0 Å². The van der Waals surface area contributed by atoms with Gasteiger partial charge in [0.2, 0.25) is 5.91 Å². The number of terminal acetylenes is 1. The molecule has 1 heterocycles. The summed E-state index contributed by atoms with van der Waals surface area (Å²) in [6.07, 6.45) is 5.82. The van der Waals surface area contributed by atoms with Gasteiger partial charge in [0.1, 0.15) is 0 Å². The van der Waals surface area contributed by atoms with Crippen molar-refractivity contribution in [2.24, 2.45) is 5.73 Å². The van der Waals surface area contributed by atoms with Crippen molar-refractivity contribution in [1.29, 1.82) is 0 Å². The van der Waals surface area contributed by atoms with E-state index < -0.39 is 0 Å². The minimum atomic E-state index is -0.379. The van der Waals surface area contributed by atoms with Gasteiger partial charge in [-0.25, -0.2) is 0 Å². The van der Waals surface area contributed by atoms with Gasteiger partial charge in [-0.15, -0.1) is 23.7 Å². The first-order valence-electron chi connectivity index (χ1n) is 4.25. The maximum absolute atomic E-state index is 10.8. The minimum absolute atomic E-state index is 0.379. The number of primary amides is 1. The molecule has 0 aromatic carbocycles. The second kappa shape index (κ2) is 5.43. The van der Waals surface area contributed by atoms with E-state index in [2.05, 4.69) is 11.2 Å². The van der Waals surface area contributed by atoms with Crippen LogP contribution in [0.3, 0.4) is 0 Å². The summed E-state index contributed by atoms with van der Waals surface area (Å²) in [5, 5.41) is 4.94. The number of carbonyl (C=O) groups is 1. The van der Waals surface area contributed by atoms with Gasteiger partial charge in [-0.3, -0.25) is 4.79 Å². The molecule has 0 atom stereocenters. The molecule has 0 saturated carbocycles. The Kier molecular flexibility index (Phi) is 4.17. The van der Waals surface area contributed by atoms with E-state index in [9.17, 15) is 4.79 Å². The summed E-state index contributed by atoms with van der Waals surface area (Å²) in [5.41, 5.74) is 5.70. The Labute approximate surface area is 87.3 Å². The second-order valence-electron chi connectivity index (χ2n) is 2.80. The lowest BCUT2D eigenvalue weighted by molar-refractivity contribution is 0.100. The average molecular weight is 208 g/mol. The normalized spacial score (nSPS) is 9.64. The lowest BCUT2D eigenvalue weighted by Gasteiger charge is -1.97. The summed E-state index contributed by atoms with van der Waals surface area (Å²) >= 11 is 1.52.